The van der Waals surface area contributed by atoms with E-state index in [1.54, 1.807) is 30.0 Å². The SMILES string of the molecule is CSc1ccc(C(=O)C(c2ccc(Cl)c(Cl)c2)C(NC(C)=O)c2cccc3ccccc23)cc1. The molecule has 172 valence electrons. The van der Waals surface area contributed by atoms with Crippen LogP contribution >= 0.6 is 35.0 Å². The van der Waals surface area contributed by atoms with Gasteiger partial charge in [-0.3, -0.25) is 9.59 Å². The molecule has 6 heteroatoms. The second-order valence-electron chi connectivity index (χ2n) is 7.99. The van der Waals surface area contributed by atoms with Crippen molar-refractivity contribution in [2.75, 3.05) is 6.26 Å². The van der Waals surface area contributed by atoms with Crippen LogP contribution in [0.3, 0.4) is 0 Å². The molecule has 4 aromatic rings. The Morgan fingerprint density at radius 1 is 0.853 bits per heavy atom. The summed E-state index contributed by atoms with van der Waals surface area (Å²) in [5, 5.41) is 5.81. The van der Waals surface area contributed by atoms with Gasteiger partial charge in [0.15, 0.2) is 5.78 Å². The Balaban J connectivity index is 1.93. The van der Waals surface area contributed by atoms with Gasteiger partial charge in [-0.05, 0) is 52.4 Å². The fourth-order valence-corrected chi connectivity index (χ4v) is 4.93. The van der Waals surface area contributed by atoms with Crippen LogP contribution in [-0.2, 0) is 4.79 Å². The number of ketones is 1. The number of thioether (sulfide) groups is 1. The molecule has 3 nitrogen and oxygen atoms in total. The molecule has 0 heterocycles. The van der Waals surface area contributed by atoms with Crippen LogP contribution < -0.4 is 5.32 Å². The van der Waals surface area contributed by atoms with E-state index in [9.17, 15) is 9.59 Å². The van der Waals surface area contributed by atoms with Crippen molar-refractivity contribution < 1.29 is 9.59 Å². The van der Waals surface area contributed by atoms with E-state index in [-0.39, 0.29) is 11.7 Å². The fraction of sp³-hybridized carbons (Fsp3) is 0.143. The quantitative estimate of drug-likeness (QED) is 0.205. The lowest BCUT2D eigenvalue weighted by atomic mass is 9.80. The van der Waals surface area contributed by atoms with Gasteiger partial charge < -0.3 is 5.32 Å². The molecule has 1 amide bonds. The number of halogens is 2. The number of rotatable bonds is 7. The number of Topliss-reactive ketones (excluding diaryl/α,β-unsaturated/α-hetero) is 1. The van der Waals surface area contributed by atoms with Crippen molar-refractivity contribution >= 4 is 57.4 Å². The first-order valence-electron chi connectivity index (χ1n) is 10.8. The van der Waals surface area contributed by atoms with Crippen LogP contribution in [0, 0.1) is 0 Å². The predicted octanol–water partition coefficient (Wildman–Crippen LogP) is 7.71. The first-order valence-corrected chi connectivity index (χ1v) is 12.7. The highest BCUT2D eigenvalue weighted by Gasteiger charge is 2.34. The zero-order valence-electron chi connectivity index (χ0n) is 18.7. The Labute approximate surface area is 213 Å². The third-order valence-electron chi connectivity index (χ3n) is 5.81. The van der Waals surface area contributed by atoms with Gasteiger partial charge in [0.05, 0.1) is 22.0 Å². The Morgan fingerprint density at radius 2 is 1.56 bits per heavy atom. The fourth-order valence-electron chi connectivity index (χ4n) is 4.22. The van der Waals surface area contributed by atoms with Crippen LogP contribution in [0.15, 0.2) is 89.8 Å². The number of carbonyl (C=O) groups is 2. The zero-order valence-corrected chi connectivity index (χ0v) is 21.0. The average molecular weight is 508 g/mol. The summed E-state index contributed by atoms with van der Waals surface area (Å²) in [5.74, 6) is -1.06. The topological polar surface area (TPSA) is 46.2 Å². The lowest BCUT2D eigenvalue weighted by Gasteiger charge is -2.29. The first kappa shape index (κ1) is 24.3. The van der Waals surface area contributed by atoms with Crippen LogP contribution in [-0.4, -0.2) is 17.9 Å². The molecule has 2 unspecified atom stereocenters. The normalized spacial score (nSPS) is 12.8. The van der Waals surface area contributed by atoms with E-state index >= 15 is 0 Å². The number of amides is 1. The minimum Gasteiger partial charge on any atom is -0.348 e. The van der Waals surface area contributed by atoms with Crippen molar-refractivity contribution in [1.82, 2.24) is 5.32 Å². The van der Waals surface area contributed by atoms with Gasteiger partial charge >= 0.3 is 0 Å². The molecule has 4 aromatic carbocycles. The summed E-state index contributed by atoms with van der Waals surface area (Å²) in [4.78, 5) is 27.5. The molecule has 4 rings (SSSR count). The van der Waals surface area contributed by atoms with Crippen LogP contribution in [0.5, 0.6) is 0 Å². The summed E-state index contributed by atoms with van der Waals surface area (Å²) < 4.78 is 0. The highest BCUT2D eigenvalue weighted by Crippen LogP contribution is 2.39. The Morgan fingerprint density at radius 3 is 2.24 bits per heavy atom. The minimum absolute atomic E-state index is 0.113. The first-order chi connectivity index (χ1) is 16.4. The van der Waals surface area contributed by atoms with Crippen molar-refractivity contribution in [3.8, 4) is 0 Å². The average Bonchev–Trinajstić information content (AvgIpc) is 2.85. The van der Waals surface area contributed by atoms with Crippen molar-refractivity contribution in [3.05, 3.63) is 112 Å². The monoisotopic (exact) mass is 507 g/mol. The largest absolute Gasteiger partial charge is 0.348 e. The number of hydrogen-bond donors (Lipinski definition) is 1. The molecule has 34 heavy (non-hydrogen) atoms. The van der Waals surface area contributed by atoms with Gasteiger partial charge in [-0.1, -0.05) is 83.9 Å². The summed E-state index contributed by atoms with van der Waals surface area (Å²) in [6.07, 6.45) is 1.99. The Kier molecular flexibility index (Phi) is 7.62. The second kappa shape index (κ2) is 10.6. The zero-order chi connectivity index (χ0) is 24.2. The summed E-state index contributed by atoms with van der Waals surface area (Å²) >= 11 is 14.2. The second-order valence-corrected chi connectivity index (χ2v) is 9.68. The molecule has 0 aromatic heterocycles. The summed E-state index contributed by atoms with van der Waals surface area (Å²) in [7, 11) is 0. The van der Waals surface area contributed by atoms with Gasteiger partial charge in [-0.2, -0.15) is 0 Å². The minimum atomic E-state index is -0.718. The molecule has 0 saturated heterocycles. The molecule has 0 aliphatic carbocycles. The molecule has 0 fully saturated rings. The maximum Gasteiger partial charge on any atom is 0.217 e. The van der Waals surface area contributed by atoms with E-state index in [4.69, 9.17) is 23.2 Å². The van der Waals surface area contributed by atoms with E-state index in [0.29, 0.717) is 21.2 Å². The van der Waals surface area contributed by atoms with Crippen LogP contribution in [0.1, 0.15) is 40.4 Å². The van der Waals surface area contributed by atoms with E-state index < -0.39 is 12.0 Å². The molecule has 0 spiro atoms. The van der Waals surface area contributed by atoms with Gasteiger partial charge in [0.25, 0.3) is 0 Å². The van der Waals surface area contributed by atoms with Gasteiger partial charge in [0.1, 0.15) is 0 Å². The van der Waals surface area contributed by atoms with E-state index in [2.05, 4.69) is 5.32 Å². The summed E-state index contributed by atoms with van der Waals surface area (Å²) in [5.41, 5.74) is 2.10. The molecule has 2 atom stereocenters. The molecule has 1 N–H and O–H groups in total. The third-order valence-corrected chi connectivity index (χ3v) is 7.29. The van der Waals surface area contributed by atoms with Gasteiger partial charge in [0, 0.05) is 17.4 Å². The Bertz CT molecular complexity index is 1350. The number of nitrogens with one attached hydrogen (secondary N) is 1. The van der Waals surface area contributed by atoms with Crippen molar-refractivity contribution in [2.24, 2.45) is 0 Å². The van der Waals surface area contributed by atoms with Gasteiger partial charge in [0.2, 0.25) is 5.91 Å². The van der Waals surface area contributed by atoms with Crippen molar-refractivity contribution in [3.63, 3.8) is 0 Å². The van der Waals surface area contributed by atoms with Crippen LogP contribution in [0.2, 0.25) is 10.0 Å². The lowest BCUT2D eigenvalue weighted by Crippen LogP contribution is -2.34. The smallest absolute Gasteiger partial charge is 0.217 e. The molecule has 0 saturated carbocycles. The highest BCUT2D eigenvalue weighted by molar-refractivity contribution is 7.98. The molecular weight excluding hydrogens is 485 g/mol. The maximum absolute atomic E-state index is 14.0. The van der Waals surface area contributed by atoms with E-state index in [1.165, 1.54) is 6.92 Å². The maximum atomic E-state index is 14.0. The standard InChI is InChI=1S/C28H23Cl2NO2S/c1-17(32)31-27(23-9-5-7-18-6-3-4-8-22(18)23)26(20-12-15-24(29)25(30)16-20)28(33)19-10-13-21(34-2)14-11-19/h3-16,26-27H,1-2H3,(H,31,32). The summed E-state index contributed by atoms with van der Waals surface area (Å²) in [6, 6.07) is 25.9. The highest BCUT2D eigenvalue weighted by atomic mass is 35.5. The summed E-state index contributed by atoms with van der Waals surface area (Å²) in [6.45, 7) is 1.46. The van der Waals surface area contributed by atoms with Crippen LogP contribution in [0.4, 0.5) is 0 Å². The molecule has 0 aliphatic heterocycles. The number of carbonyl (C=O) groups excluding carboxylic acids is 2. The van der Waals surface area contributed by atoms with Crippen molar-refractivity contribution in [1.29, 1.82) is 0 Å². The van der Waals surface area contributed by atoms with Crippen molar-refractivity contribution in [2.45, 2.75) is 23.8 Å². The van der Waals surface area contributed by atoms with Gasteiger partial charge in [-0.15, -0.1) is 11.8 Å². The van der Waals surface area contributed by atoms with E-state index in [1.807, 2.05) is 73.0 Å². The lowest BCUT2D eigenvalue weighted by molar-refractivity contribution is -0.119. The third kappa shape index (κ3) is 5.15. The molecular formula is C28H23Cl2NO2S. The molecule has 0 radical (unpaired) electrons. The Hall–Kier alpha value is -2.79. The van der Waals surface area contributed by atoms with Gasteiger partial charge in [-0.25, -0.2) is 0 Å². The molecule has 0 aliphatic rings. The van der Waals surface area contributed by atoms with Crippen LogP contribution in [0.25, 0.3) is 10.8 Å². The number of benzene rings is 4. The predicted molar refractivity (Wildman–Crippen MR) is 142 cm³/mol. The number of hydrogen-bond acceptors (Lipinski definition) is 3. The molecule has 0 bridgehead atoms. The van der Waals surface area contributed by atoms with E-state index in [0.717, 1.165) is 21.2 Å². The number of fused-ring (bicyclic) bond motifs is 1.